The van der Waals surface area contributed by atoms with E-state index in [1.807, 2.05) is 0 Å². The van der Waals surface area contributed by atoms with E-state index in [0.717, 1.165) is 71.6 Å². The molecule has 2 fully saturated rings. The maximum atomic E-state index is 13.5. The first-order chi connectivity index (χ1) is 43.7. The molecule has 14 atom stereocenters. The smallest absolute Gasteiger partial charge is 0.472 e. The molecule has 5 aromatic rings. The maximum Gasteiger partial charge on any atom is 0.472 e. The van der Waals surface area contributed by atoms with Gasteiger partial charge in [0.05, 0.1) is 72.1 Å². The highest BCUT2D eigenvalue weighted by Gasteiger charge is 2.51. The Kier molecular flexibility index (Phi) is 26.9. The van der Waals surface area contributed by atoms with E-state index in [2.05, 4.69) is 85.3 Å². The minimum atomic E-state index is -5.03. The van der Waals surface area contributed by atoms with Crippen molar-refractivity contribution >= 4 is 85.0 Å². The standard InChI is InChI=1S/C59H94N10O18P2S3/c1-33(2)13-10-14-34(3)15-11-16-35(4)17-12-19-59(8)20-18-40-38(7)48(36(5)37(6)49(40)85-59)80-26-25-78-22-21-77-23-24-79-28-39(27-70)86-88(74,75)81-30-42-50(47(73)56(84-42)69-32-63-44-52(69)65-58(61)67-54(44)91)87-89(92,76-9)82-29-41-45(71)46(72)55(83-41)68-31-62-43-51(68)64-57(60)66-53(43)90/h31-35,39,41-42,45-47,50,55-56,70-73H,10-30H2,1-9H3,(H,74,75)(H3,60,64,66,90)(H3,61,65,67,91)/t34-,35-,39-,41-,42-,45?,46?,47?,50?,55-,56-,59-,89?/m1/s1. The van der Waals surface area contributed by atoms with Crippen LogP contribution in [0.5, 0.6) is 11.5 Å². The van der Waals surface area contributed by atoms with E-state index in [-0.39, 0.29) is 75.5 Å². The first kappa shape index (κ1) is 74.0. The minimum Gasteiger partial charge on any atom is -0.491 e. The van der Waals surface area contributed by atoms with Gasteiger partial charge in [-0.15, -0.1) is 0 Å². The van der Waals surface area contributed by atoms with Crippen LogP contribution in [0.1, 0.15) is 134 Å². The number of imidazole rings is 2. The largest absolute Gasteiger partial charge is 0.491 e. The SMILES string of the molecule is COP(=S)(OC[C@H]1O[C@@H](n2cnc3c(=S)[nH]c(N)nc32)C(O)C1O)OC1C(O)[C@H](n2cnc3c(=S)[nH]c(N)nc32)O[C@@H]1COP(=O)(O)O[C@H](CO)COCCOCCOCCOc1c(C)c(C)c2c(c1C)CC[C@@](C)(CCC[C@H](C)CCC[C@H](C)CCCC(C)C)O2. The minimum absolute atomic E-state index is 0.0173. The molecule has 0 aliphatic carbocycles. The number of benzene rings is 1. The Morgan fingerprint density at radius 2 is 1.29 bits per heavy atom. The van der Waals surface area contributed by atoms with Gasteiger partial charge in [-0.05, 0) is 99.6 Å². The first-order valence-corrected chi connectivity index (χ1v) is 36.3. The van der Waals surface area contributed by atoms with Crippen molar-refractivity contribution in [3.63, 3.8) is 0 Å². The van der Waals surface area contributed by atoms with Crippen molar-refractivity contribution in [3.05, 3.63) is 44.2 Å². The van der Waals surface area contributed by atoms with Crippen LogP contribution in [0.4, 0.5) is 11.9 Å². The summed E-state index contributed by atoms with van der Waals surface area (Å²) >= 11 is 16.4. The number of nitrogens with one attached hydrogen (secondary N) is 2. The van der Waals surface area contributed by atoms with Gasteiger partial charge in [0.2, 0.25) is 11.9 Å². The summed E-state index contributed by atoms with van der Waals surface area (Å²) in [7, 11) is -3.86. The van der Waals surface area contributed by atoms with Crippen molar-refractivity contribution in [2.75, 3.05) is 84.6 Å². The third-order valence-corrected chi connectivity index (χ3v) is 21.3. The zero-order valence-corrected chi connectivity index (χ0v) is 58.2. The second kappa shape index (κ2) is 33.5. The number of nitrogens with two attached hydrogens (primary N) is 2. The van der Waals surface area contributed by atoms with E-state index < -0.39 is 89.5 Å². The first-order valence-electron chi connectivity index (χ1n) is 31.5. The Bertz CT molecular complexity index is 3450. The lowest BCUT2D eigenvalue weighted by Crippen LogP contribution is -2.37. The van der Waals surface area contributed by atoms with Crippen molar-refractivity contribution in [1.82, 2.24) is 39.0 Å². The Morgan fingerprint density at radius 3 is 1.88 bits per heavy atom. The number of phosphoric acid groups is 1. The summed E-state index contributed by atoms with van der Waals surface area (Å²) < 4.78 is 87.4. The summed E-state index contributed by atoms with van der Waals surface area (Å²) in [5.41, 5.74) is 16.9. The van der Waals surface area contributed by atoms with Gasteiger partial charge in [0.25, 0.3) is 0 Å². The van der Waals surface area contributed by atoms with E-state index >= 15 is 0 Å². The van der Waals surface area contributed by atoms with Gasteiger partial charge < -0.3 is 89.0 Å². The van der Waals surface area contributed by atoms with Crippen molar-refractivity contribution in [2.24, 2.45) is 17.8 Å². The Balaban J connectivity index is 0.756. The number of aliphatic hydroxyl groups excluding tert-OH is 4. The number of aromatic amines is 2. The molecule has 1 aromatic carbocycles. The topological polar surface area (TPSA) is 374 Å². The van der Waals surface area contributed by atoms with Crippen LogP contribution in [0, 0.1) is 47.8 Å². The molecule has 0 spiro atoms. The molecular formula is C59H94N10O18P2S3. The zero-order valence-electron chi connectivity index (χ0n) is 53.9. The number of rotatable bonds is 38. The highest BCUT2D eigenvalue weighted by Crippen LogP contribution is 2.55. The molecule has 33 heteroatoms. The number of anilines is 2. The predicted molar refractivity (Wildman–Crippen MR) is 351 cm³/mol. The van der Waals surface area contributed by atoms with Crippen LogP contribution in [0.25, 0.3) is 22.3 Å². The molecule has 28 nitrogen and oxygen atoms in total. The molecule has 8 rings (SSSR count). The normalized spacial score (nSPS) is 24.9. The van der Waals surface area contributed by atoms with Gasteiger partial charge in [0.1, 0.15) is 86.7 Å². The van der Waals surface area contributed by atoms with Crippen LogP contribution in [0.2, 0.25) is 0 Å². The van der Waals surface area contributed by atoms with Crippen LogP contribution in [-0.4, -0.2) is 186 Å². The number of fused-ring (bicyclic) bond motifs is 3. The fourth-order valence-electron chi connectivity index (χ4n) is 11.8. The molecule has 2 saturated heterocycles. The summed E-state index contributed by atoms with van der Waals surface area (Å²) in [5.74, 6) is 4.13. The second-order valence-electron chi connectivity index (χ2n) is 24.9. The zero-order chi connectivity index (χ0) is 66.7. The van der Waals surface area contributed by atoms with E-state index in [0.29, 0.717) is 19.8 Å². The van der Waals surface area contributed by atoms with Gasteiger partial charge in [-0.25, -0.2) is 14.5 Å². The molecular weight excluding hydrogens is 1290 g/mol. The summed E-state index contributed by atoms with van der Waals surface area (Å²) in [6.07, 6.45) is 3.02. The molecule has 6 unspecified atom stereocenters. The van der Waals surface area contributed by atoms with Gasteiger partial charge in [-0.2, -0.15) is 9.97 Å². The number of aliphatic hydroxyl groups is 4. The van der Waals surface area contributed by atoms with Gasteiger partial charge in [0, 0.05) is 12.7 Å². The van der Waals surface area contributed by atoms with Crippen molar-refractivity contribution in [1.29, 1.82) is 0 Å². The molecule has 0 bridgehead atoms. The summed E-state index contributed by atoms with van der Waals surface area (Å²) in [6.45, 7) is 13.1. The fraction of sp³-hybridized carbons (Fsp3) is 0.729. The Labute approximate surface area is 551 Å². The molecule has 92 heavy (non-hydrogen) atoms. The van der Waals surface area contributed by atoms with Crippen LogP contribution < -0.4 is 20.9 Å². The fourth-order valence-corrected chi connectivity index (χ4v) is 14.9. The molecule has 0 saturated carbocycles. The lowest BCUT2D eigenvalue weighted by molar-refractivity contribution is -0.0592. The van der Waals surface area contributed by atoms with Gasteiger partial charge in [-0.1, -0.05) is 97.1 Å². The number of hydrogen-bond donors (Lipinski definition) is 9. The maximum absolute atomic E-state index is 13.5. The van der Waals surface area contributed by atoms with Crippen molar-refractivity contribution in [3.8, 4) is 11.5 Å². The highest BCUT2D eigenvalue weighted by molar-refractivity contribution is 8.07. The lowest BCUT2D eigenvalue weighted by atomic mass is 9.83. The molecule has 516 valence electrons. The average Bonchev–Trinajstić information content (AvgIpc) is 1.61. The Hall–Kier alpha value is -3.76. The number of ether oxygens (including phenoxy) is 7. The molecule has 3 aliphatic heterocycles. The van der Waals surface area contributed by atoms with E-state index in [9.17, 15) is 29.9 Å². The molecule has 0 amide bonds. The quantitative estimate of drug-likeness (QED) is 0.0102. The third kappa shape index (κ3) is 19.1. The summed E-state index contributed by atoms with van der Waals surface area (Å²) in [6, 6.07) is 0. The van der Waals surface area contributed by atoms with Gasteiger partial charge in [0.15, 0.2) is 23.8 Å². The molecule has 0 radical (unpaired) electrons. The molecule has 7 heterocycles. The van der Waals surface area contributed by atoms with Crippen molar-refractivity contribution < 1.29 is 85.7 Å². The number of aromatic nitrogens is 8. The second-order valence-corrected chi connectivity index (χ2v) is 30.2. The van der Waals surface area contributed by atoms with E-state index in [1.54, 1.807) is 0 Å². The van der Waals surface area contributed by atoms with Crippen molar-refractivity contribution in [2.45, 2.75) is 187 Å². The van der Waals surface area contributed by atoms with Crippen LogP contribution in [0.15, 0.2) is 12.7 Å². The predicted octanol–water partition coefficient (Wildman–Crippen LogP) is 8.38. The molecule has 4 aromatic heterocycles. The lowest BCUT2D eigenvalue weighted by Gasteiger charge is -2.38. The average molecular weight is 1390 g/mol. The van der Waals surface area contributed by atoms with E-state index in [1.165, 1.54) is 79.4 Å². The number of phosphoric ester groups is 1. The van der Waals surface area contributed by atoms with Crippen LogP contribution in [0.3, 0.4) is 0 Å². The number of nitrogens with zero attached hydrogens (tertiary/aromatic N) is 6. The van der Waals surface area contributed by atoms with Gasteiger partial charge >= 0.3 is 14.5 Å². The van der Waals surface area contributed by atoms with Crippen LogP contribution in [-0.2, 0) is 69.1 Å². The monoisotopic (exact) mass is 1390 g/mol. The summed E-state index contributed by atoms with van der Waals surface area (Å²) in [4.78, 5) is 33.3. The van der Waals surface area contributed by atoms with Gasteiger partial charge in [-0.3, -0.25) is 22.7 Å². The summed E-state index contributed by atoms with van der Waals surface area (Å²) in [5, 5.41) is 44.2. The van der Waals surface area contributed by atoms with E-state index in [4.69, 9.17) is 103 Å². The number of H-pyrrole nitrogens is 2. The Morgan fingerprint density at radius 1 is 0.750 bits per heavy atom. The van der Waals surface area contributed by atoms with Crippen LogP contribution >= 0.6 is 39.0 Å². The number of hydrogen-bond acceptors (Lipinski definition) is 26. The molecule has 11 N–H and O–H groups in total. The third-order valence-electron chi connectivity index (χ3n) is 17.2. The highest BCUT2D eigenvalue weighted by atomic mass is 32.5. The number of nitrogen functional groups attached to an aromatic ring is 2. The molecule has 3 aliphatic rings.